The van der Waals surface area contributed by atoms with Crippen molar-refractivity contribution in [1.29, 1.82) is 0 Å². The molecule has 30 heavy (non-hydrogen) atoms. The van der Waals surface area contributed by atoms with E-state index in [-0.39, 0.29) is 11.3 Å². The van der Waals surface area contributed by atoms with E-state index in [4.69, 9.17) is 4.74 Å². The molecule has 2 N–H and O–H groups in total. The van der Waals surface area contributed by atoms with Gasteiger partial charge in [0.15, 0.2) is 0 Å². The number of alkyl halides is 3. The van der Waals surface area contributed by atoms with E-state index in [0.29, 0.717) is 18.8 Å². The summed E-state index contributed by atoms with van der Waals surface area (Å²) >= 11 is 0. The third kappa shape index (κ3) is 3.32. The summed E-state index contributed by atoms with van der Waals surface area (Å²) in [5.74, 6) is 1.48. The average molecular weight is 414 g/mol. The number of hydrogen-bond donors (Lipinski definition) is 2. The Hall–Kier alpha value is -2.96. The number of aromatic amines is 1. The predicted octanol–water partition coefficient (Wildman–Crippen LogP) is 5.55. The molecule has 0 spiro atoms. The fourth-order valence-electron chi connectivity index (χ4n) is 4.45. The highest BCUT2D eigenvalue weighted by Crippen LogP contribution is 2.64. The number of H-pyrrole nitrogens is 1. The number of benzene rings is 2. The first-order chi connectivity index (χ1) is 14.3. The molecule has 1 aromatic heterocycles. The van der Waals surface area contributed by atoms with Crippen LogP contribution in [-0.2, 0) is 17.4 Å². The molecule has 0 unspecified atom stereocenters. The number of amides is 1. The first-order valence-corrected chi connectivity index (χ1v) is 10.0. The lowest BCUT2D eigenvalue weighted by molar-refractivity contribution is -0.158. The fourth-order valence-corrected chi connectivity index (χ4v) is 4.45. The second kappa shape index (κ2) is 6.79. The molecule has 3 aliphatic rings. The fraction of sp³-hybridized carbons (Fsp3) is 0.348. The molecule has 3 aromatic rings. The molecule has 7 heteroatoms. The van der Waals surface area contributed by atoms with Gasteiger partial charge in [0.2, 0.25) is 5.91 Å². The van der Waals surface area contributed by atoms with Gasteiger partial charge in [-0.2, -0.15) is 13.2 Å². The number of hydrogen-bond acceptors (Lipinski definition) is 2. The van der Waals surface area contributed by atoms with E-state index in [9.17, 15) is 18.0 Å². The zero-order valence-corrected chi connectivity index (χ0v) is 16.2. The van der Waals surface area contributed by atoms with Crippen LogP contribution in [0.3, 0.4) is 0 Å². The van der Waals surface area contributed by atoms with E-state index in [1.54, 1.807) is 6.20 Å². The van der Waals surface area contributed by atoms with E-state index in [2.05, 4.69) is 10.3 Å². The van der Waals surface area contributed by atoms with Crippen molar-refractivity contribution in [1.82, 2.24) is 4.98 Å². The molecular formula is C23H21F3N2O2. The maximum atomic E-state index is 12.6. The molecule has 2 aromatic carbocycles. The van der Waals surface area contributed by atoms with Gasteiger partial charge in [0, 0.05) is 23.5 Å². The van der Waals surface area contributed by atoms with Crippen molar-refractivity contribution in [2.24, 2.45) is 11.3 Å². The first-order valence-electron chi connectivity index (χ1n) is 10.0. The van der Waals surface area contributed by atoms with Gasteiger partial charge in [-0.15, -0.1) is 0 Å². The number of anilines is 1. The van der Waals surface area contributed by atoms with Gasteiger partial charge in [0.25, 0.3) is 0 Å². The van der Waals surface area contributed by atoms with Crippen LogP contribution < -0.4 is 10.1 Å². The Labute approximate surface area is 171 Å². The van der Waals surface area contributed by atoms with Crippen LogP contribution in [0.2, 0.25) is 0 Å². The van der Waals surface area contributed by atoms with Gasteiger partial charge in [-0.1, -0.05) is 12.1 Å². The molecule has 0 saturated heterocycles. The molecule has 3 saturated carbocycles. The largest absolute Gasteiger partial charge is 0.493 e. The zero-order valence-electron chi connectivity index (χ0n) is 16.2. The van der Waals surface area contributed by atoms with Gasteiger partial charge in [0.1, 0.15) is 5.75 Å². The Morgan fingerprint density at radius 3 is 2.50 bits per heavy atom. The minimum Gasteiger partial charge on any atom is -0.493 e. The highest BCUT2D eigenvalue weighted by atomic mass is 19.4. The van der Waals surface area contributed by atoms with E-state index in [1.165, 1.54) is 12.1 Å². The quantitative estimate of drug-likeness (QED) is 0.556. The van der Waals surface area contributed by atoms with E-state index < -0.39 is 11.7 Å². The van der Waals surface area contributed by atoms with Crippen molar-refractivity contribution in [3.8, 4) is 5.75 Å². The van der Waals surface area contributed by atoms with Crippen LogP contribution in [0.15, 0.2) is 48.7 Å². The number of halogens is 3. The molecule has 156 valence electrons. The molecule has 6 rings (SSSR count). The zero-order chi connectivity index (χ0) is 20.9. The van der Waals surface area contributed by atoms with Crippen LogP contribution in [-0.4, -0.2) is 17.5 Å². The van der Waals surface area contributed by atoms with Gasteiger partial charge in [-0.3, -0.25) is 4.79 Å². The minimum atomic E-state index is -4.33. The first kappa shape index (κ1) is 19.0. The van der Waals surface area contributed by atoms with Gasteiger partial charge < -0.3 is 15.0 Å². The van der Waals surface area contributed by atoms with Crippen molar-refractivity contribution in [2.45, 2.75) is 31.9 Å². The summed E-state index contributed by atoms with van der Waals surface area (Å²) in [4.78, 5) is 15.7. The van der Waals surface area contributed by atoms with Gasteiger partial charge in [-0.05, 0) is 61.1 Å². The van der Waals surface area contributed by atoms with Crippen LogP contribution in [0.5, 0.6) is 5.75 Å². The SMILES string of the molecule is O=C(Nc1c[nH]c2ccc(OCCc3ccc(C(F)(F)F)cc3)cc12)C12CC(C1)C2. The normalized spacial score (nSPS) is 22.3. The second-order valence-electron chi connectivity index (χ2n) is 8.42. The molecule has 0 atom stereocenters. The molecule has 0 radical (unpaired) electrons. The van der Waals surface area contributed by atoms with Gasteiger partial charge in [0.05, 0.1) is 23.3 Å². The molecule has 1 heterocycles. The van der Waals surface area contributed by atoms with E-state index >= 15 is 0 Å². The Morgan fingerprint density at radius 2 is 1.87 bits per heavy atom. The van der Waals surface area contributed by atoms with Crippen molar-refractivity contribution in [3.05, 3.63) is 59.8 Å². The molecule has 4 nitrogen and oxygen atoms in total. The number of aromatic nitrogens is 1. The van der Waals surface area contributed by atoms with Crippen LogP contribution in [0.4, 0.5) is 18.9 Å². The second-order valence-corrected chi connectivity index (χ2v) is 8.42. The number of carbonyl (C=O) groups is 1. The molecular weight excluding hydrogens is 393 g/mol. The van der Waals surface area contributed by atoms with E-state index in [0.717, 1.165) is 59.5 Å². The number of ether oxygens (including phenoxy) is 1. The highest BCUT2D eigenvalue weighted by molar-refractivity contribution is 6.04. The van der Waals surface area contributed by atoms with Crippen LogP contribution in [0.1, 0.15) is 30.4 Å². The standard InChI is InChI=1S/C23H21F3N2O2/c24-23(25,26)16-3-1-14(2-4-16)7-8-30-17-5-6-19-18(9-17)20(13-27-19)28-21(29)22-10-15(11-22)12-22/h1-6,9,13,15,27H,7-8,10-12H2,(H,28,29). The Balaban J connectivity index is 1.22. The predicted molar refractivity (Wildman–Crippen MR) is 107 cm³/mol. The summed E-state index contributed by atoms with van der Waals surface area (Å²) in [7, 11) is 0. The Kier molecular flexibility index (Phi) is 4.31. The maximum Gasteiger partial charge on any atom is 0.416 e. The smallest absolute Gasteiger partial charge is 0.416 e. The van der Waals surface area contributed by atoms with Crippen molar-refractivity contribution >= 4 is 22.5 Å². The lowest BCUT2D eigenvalue weighted by Crippen LogP contribution is -2.58. The molecule has 2 bridgehead atoms. The van der Waals surface area contributed by atoms with Crippen LogP contribution >= 0.6 is 0 Å². The van der Waals surface area contributed by atoms with Crippen molar-refractivity contribution in [3.63, 3.8) is 0 Å². The molecule has 0 aliphatic heterocycles. The summed E-state index contributed by atoms with van der Waals surface area (Å²) in [5, 5.41) is 3.93. The highest BCUT2D eigenvalue weighted by Gasteiger charge is 2.61. The average Bonchev–Trinajstić information content (AvgIpc) is 3.01. The summed E-state index contributed by atoms with van der Waals surface area (Å²) in [6.07, 6.45) is 0.960. The third-order valence-corrected chi connectivity index (χ3v) is 6.36. The summed E-state index contributed by atoms with van der Waals surface area (Å²) in [6, 6.07) is 10.7. The maximum absolute atomic E-state index is 12.6. The third-order valence-electron chi connectivity index (χ3n) is 6.36. The van der Waals surface area contributed by atoms with E-state index in [1.807, 2.05) is 18.2 Å². The molecule has 3 aliphatic carbocycles. The summed E-state index contributed by atoms with van der Waals surface area (Å²) in [6.45, 7) is 0.341. The Bertz CT molecular complexity index is 1080. The minimum absolute atomic E-state index is 0.0968. The van der Waals surface area contributed by atoms with Gasteiger partial charge in [-0.25, -0.2) is 0 Å². The summed E-state index contributed by atoms with van der Waals surface area (Å²) in [5.41, 5.74) is 1.62. The number of carbonyl (C=O) groups excluding carboxylic acids is 1. The lowest BCUT2D eigenvalue weighted by Gasteiger charge is -2.60. The van der Waals surface area contributed by atoms with Gasteiger partial charge >= 0.3 is 6.18 Å². The Morgan fingerprint density at radius 1 is 1.13 bits per heavy atom. The topological polar surface area (TPSA) is 54.1 Å². The molecule has 1 amide bonds. The van der Waals surface area contributed by atoms with Crippen molar-refractivity contribution in [2.75, 3.05) is 11.9 Å². The summed E-state index contributed by atoms with van der Waals surface area (Å²) < 4.78 is 43.7. The van der Waals surface area contributed by atoms with Crippen LogP contribution in [0, 0.1) is 11.3 Å². The number of rotatable bonds is 6. The lowest BCUT2D eigenvalue weighted by atomic mass is 9.44. The number of nitrogens with one attached hydrogen (secondary N) is 2. The molecule has 3 fully saturated rings. The monoisotopic (exact) mass is 414 g/mol. The van der Waals surface area contributed by atoms with Crippen LogP contribution in [0.25, 0.3) is 10.9 Å². The number of fused-ring (bicyclic) bond motifs is 1. The van der Waals surface area contributed by atoms with Crippen molar-refractivity contribution < 1.29 is 22.7 Å².